The van der Waals surface area contributed by atoms with Gasteiger partial charge in [-0.25, -0.2) is 15.0 Å². The Balaban J connectivity index is 1.99. The Hall–Kier alpha value is -2.07. The van der Waals surface area contributed by atoms with E-state index in [0.717, 1.165) is 0 Å². The van der Waals surface area contributed by atoms with Gasteiger partial charge in [0.15, 0.2) is 17.7 Å². The Morgan fingerprint density at radius 1 is 1.45 bits per heavy atom. The summed E-state index contributed by atoms with van der Waals surface area (Å²) in [5, 5.41) is 19.6. The minimum atomic E-state index is -0.980. The first kappa shape index (κ1) is 14.9. The van der Waals surface area contributed by atoms with Gasteiger partial charge in [-0.3, -0.25) is 4.57 Å². The Bertz CT molecular complexity index is 675. The number of nitrogens with zero attached hydrogens (tertiary/aromatic N) is 4. The normalized spacial score (nSPS) is 28.3. The molecule has 0 aromatic carbocycles. The SMILES string of the molecule is C=CCOC1C(O)[C@@H](CO)O[C@H]1n1cnc2c(N)ncnc21. The van der Waals surface area contributed by atoms with E-state index in [9.17, 15) is 10.2 Å². The van der Waals surface area contributed by atoms with Gasteiger partial charge in [0.2, 0.25) is 0 Å². The van der Waals surface area contributed by atoms with Crippen LogP contribution in [0, 0.1) is 0 Å². The number of hydrogen-bond donors (Lipinski definition) is 3. The molecular weight excluding hydrogens is 290 g/mol. The number of rotatable bonds is 5. The minimum Gasteiger partial charge on any atom is -0.394 e. The van der Waals surface area contributed by atoms with Gasteiger partial charge >= 0.3 is 0 Å². The van der Waals surface area contributed by atoms with Crippen LogP contribution in [-0.4, -0.2) is 61.3 Å². The molecule has 0 amide bonds. The summed E-state index contributed by atoms with van der Waals surface area (Å²) in [6.45, 7) is 3.50. The molecule has 0 spiro atoms. The Morgan fingerprint density at radius 2 is 2.27 bits per heavy atom. The van der Waals surface area contributed by atoms with E-state index in [0.29, 0.717) is 11.2 Å². The lowest BCUT2D eigenvalue weighted by Gasteiger charge is -2.21. The zero-order valence-corrected chi connectivity index (χ0v) is 11.7. The van der Waals surface area contributed by atoms with Crippen LogP contribution < -0.4 is 5.73 Å². The highest BCUT2D eigenvalue weighted by molar-refractivity contribution is 5.81. The van der Waals surface area contributed by atoms with Gasteiger partial charge in [0, 0.05) is 0 Å². The molecule has 1 saturated heterocycles. The average molecular weight is 307 g/mol. The van der Waals surface area contributed by atoms with E-state index in [1.807, 2.05) is 0 Å². The van der Waals surface area contributed by atoms with Gasteiger partial charge in [-0.05, 0) is 0 Å². The predicted molar refractivity (Wildman–Crippen MR) is 76.7 cm³/mol. The van der Waals surface area contributed by atoms with Crippen LogP contribution in [0.1, 0.15) is 6.23 Å². The van der Waals surface area contributed by atoms with Crippen molar-refractivity contribution in [2.75, 3.05) is 18.9 Å². The third-order valence-corrected chi connectivity index (χ3v) is 3.56. The quantitative estimate of drug-likeness (QED) is 0.614. The highest BCUT2D eigenvalue weighted by atomic mass is 16.6. The molecule has 3 heterocycles. The highest BCUT2D eigenvalue weighted by Crippen LogP contribution is 2.33. The maximum atomic E-state index is 10.2. The summed E-state index contributed by atoms with van der Waals surface area (Å²) in [5.41, 5.74) is 6.67. The third kappa shape index (κ3) is 2.33. The van der Waals surface area contributed by atoms with Crippen LogP contribution in [0.25, 0.3) is 11.2 Å². The van der Waals surface area contributed by atoms with E-state index in [-0.39, 0.29) is 19.0 Å². The molecule has 2 aromatic heterocycles. The molecule has 22 heavy (non-hydrogen) atoms. The standard InChI is InChI=1S/C13H17N5O4/c1-2-3-21-10-9(20)7(4-19)22-13(10)18-6-17-8-11(14)15-5-16-12(8)18/h2,5-7,9-10,13,19-20H,1,3-4H2,(H2,14,15,16)/t7-,9?,10?,13-/m1/s1. The summed E-state index contributed by atoms with van der Waals surface area (Å²) < 4.78 is 12.9. The van der Waals surface area contributed by atoms with Crippen LogP contribution in [0.4, 0.5) is 5.82 Å². The Labute approximate surface area is 126 Å². The van der Waals surface area contributed by atoms with Crippen molar-refractivity contribution in [3.8, 4) is 0 Å². The molecule has 0 radical (unpaired) electrons. The number of anilines is 1. The predicted octanol–water partition coefficient (Wildman–Crippen LogP) is -0.770. The third-order valence-electron chi connectivity index (χ3n) is 3.56. The molecule has 4 atom stereocenters. The molecule has 0 aliphatic carbocycles. The monoisotopic (exact) mass is 307 g/mol. The first-order valence-corrected chi connectivity index (χ1v) is 6.77. The summed E-state index contributed by atoms with van der Waals surface area (Å²) in [5.74, 6) is 0.254. The van der Waals surface area contributed by atoms with E-state index in [1.165, 1.54) is 12.7 Å². The zero-order valence-electron chi connectivity index (χ0n) is 11.7. The molecule has 9 heteroatoms. The molecule has 2 aromatic rings. The maximum Gasteiger partial charge on any atom is 0.167 e. The number of ether oxygens (including phenoxy) is 2. The molecule has 0 bridgehead atoms. The van der Waals surface area contributed by atoms with Gasteiger partial charge in [0.25, 0.3) is 0 Å². The lowest BCUT2D eigenvalue weighted by molar-refractivity contribution is -0.0645. The van der Waals surface area contributed by atoms with Crippen molar-refractivity contribution < 1.29 is 19.7 Å². The zero-order chi connectivity index (χ0) is 15.7. The molecule has 118 valence electrons. The number of hydrogen-bond acceptors (Lipinski definition) is 8. The molecule has 4 N–H and O–H groups in total. The fourth-order valence-electron chi connectivity index (χ4n) is 2.51. The summed E-state index contributed by atoms with van der Waals surface area (Å²) in [4.78, 5) is 12.2. The van der Waals surface area contributed by atoms with Crippen LogP contribution >= 0.6 is 0 Å². The van der Waals surface area contributed by atoms with E-state index in [4.69, 9.17) is 15.2 Å². The second kappa shape index (κ2) is 5.97. The fraction of sp³-hybridized carbons (Fsp3) is 0.462. The van der Waals surface area contributed by atoms with Crippen molar-refractivity contribution in [1.29, 1.82) is 0 Å². The summed E-state index contributed by atoms with van der Waals surface area (Å²) in [6, 6.07) is 0. The van der Waals surface area contributed by atoms with Crippen molar-refractivity contribution in [2.24, 2.45) is 0 Å². The van der Waals surface area contributed by atoms with Gasteiger partial charge in [-0.15, -0.1) is 6.58 Å². The molecule has 1 fully saturated rings. The van der Waals surface area contributed by atoms with Crippen LogP contribution in [0.15, 0.2) is 25.3 Å². The van der Waals surface area contributed by atoms with Crippen molar-refractivity contribution in [2.45, 2.75) is 24.5 Å². The number of imidazole rings is 1. The van der Waals surface area contributed by atoms with Gasteiger partial charge in [-0.2, -0.15) is 0 Å². The molecule has 1 aliphatic rings. The lowest BCUT2D eigenvalue weighted by Crippen LogP contribution is -2.35. The van der Waals surface area contributed by atoms with E-state index in [1.54, 1.807) is 10.6 Å². The maximum absolute atomic E-state index is 10.2. The van der Waals surface area contributed by atoms with Gasteiger partial charge < -0.3 is 25.4 Å². The topological polar surface area (TPSA) is 129 Å². The molecule has 3 rings (SSSR count). The van der Waals surface area contributed by atoms with Gasteiger partial charge in [0.05, 0.1) is 19.5 Å². The largest absolute Gasteiger partial charge is 0.394 e. The van der Waals surface area contributed by atoms with E-state index in [2.05, 4.69) is 21.5 Å². The Kier molecular flexibility index (Phi) is 4.03. The van der Waals surface area contributed by atoms with Gasteiger partial charge in [-0.1, -0.05) is 6.08 Å². The van der Waals surface area contributed by atoms with Crippen molar-refractivity contribution in [3.63, 3.8) is 0 Å². The van der Waals surface area contributed by atoms with Crippen LogP contribution in [0.3, 0.4) is 0 Å². The molecular formula is C13H17N5O4. The summed E-state index contributed by atoms with van der Waals surface area (Å²) >= 11 is 0. The molecule has 2 unspecified atom stereocenters. The first-order valence-electron chi connectivity index (χ1n) is 6.77. The smallest absolute Gasteiger partial charge is 0.167 e. The highest BCUT2D eigenvalue weighted by Gasteiger charge is 2.45. The Morgan fingerprint density at radius 3 is 3.00 bits per heavy atom. The van der Waals surface area contributed by atoms with Crippen LogP contribution in [0.5, 0.6) is 0 Å². The molecule has 1 aliphatic heterocycles. The van der Waals surface area contributed by atoms with Crippen molar-refractivity contribution in [1.82, 2.24) is 19.5 Å². The van der Waals surface area contributed by atoms with Gasteiger partial charge in [0.1, 0.15) is 30.2 Å². The lowest BCUT2D eigenvalue weighted by atomic mass is 10.1. The number of fused-ring (bicyclic) bond motifs is 1. The first-order chi connectivity index (χ1) is 10.7. The number of nitrogens with two attached hydrogens (primary N) is 1. The summed E-state index contributed by atoms with van der Waals surface area (Å²) in [6.07, 6.45) is 1.28. The molecule has 0 saturated carbocycles. The number of aromatic nitrogens is 4. The summed E-state index contributed by atoms with van der Waals surface area (Å²) in [7, 11) is 0. The van der Waals surface area contributed by atoms with Crippen LogP contribution in [0.2, 0.25) is 0 Å². The second-order valence-corrected chi connectivity index (χ2v) is 4.91. The minimum absolute atomic E-state index is 0.240. The van der Waals surface area contributed by atoms with Crippen molar-refractivity contribution >= 4 is 17.0 Å². The average Bonchev–Trinajstić information content (AvgIpc) is 3.07. The van der Waals surface area contributed by atoms with Crippen molar-refractivity contribution in [3.05, 3.63) is 25.3 Å². The van der Waals surface area contributed by atoms with E-state index < -0.39 is 24.5 Å². The second-order valence-electron chi connectivity index (χ2n) is 4.91. The number of nitrogen functional groups attached to an aromatic ring is 1. The van der Waals surface area contributed by atoms with Crippen LogP contribution in [-0.2, 0) is 9.47 Å². The number of aliphatic hydroxyl groups is 2. The molecule has 9 nitrogen and oxygen atoms in total. The van der Waals surface area contributed by atoms with E-state index >= 15 is 0 Å². The fourth-order valence-corrected chi connectivity index (χ4v) is 2.51. The number of aliphatic hydroxyl groups excluding tert-OH is 2.